The third-order valence-corrected chi connectivity index (χ3v) is 6.92. The Morgan fingerprint density at radius 3 is 1.92 bits per heavy atom. The Bertz CT molecular complexity index is 976. The van der Waals surface area contributed by atoms with E-state index in [4.69, 9.17) is 4.99 Å². The van der Waals surface area contributed by atoms with Gasteiger partial charge >= 0.3 is 0 Å². The fourth-order valence-corrected chi connectivity index (χ4v) is 4.35. The average molecular weight is 473 g/mol. The van der Waals surface area contributed by atoms with Gasteiger partial charge in [0.05, 0.1) is 26.0 Å². The molecular formula is C21H19Br2N3. The molecule has 0 bridgehead atoms. The van der Waals surface area contributed by atoms with Crippen molar-refractivity contribution in [3.8, 4) is 0 Å². The van der Waals surface area contributed by atoms with Gasteiger partial charge in [-0.05, 0) is 68.6 Å². The van der Waals surface area contributed by atoms with Gasteiger partial charge in [-0.2, -0.15) is 0 Å². The first kappa shape index (κ1) is 17.6. The molecule has 0 amide bonds. The number of hydrogen-bond acceptors (Lipinski definition) is 1. The van der Waals surface area contributed by atoms with Crippen LogP contribution >= 0.6 is 31.9 Å². The molecule has 0 radical (unpaired) electrons. The van der Waals surface area contributed by atoms with Gasteiger partial charge in [0.1, 0.15) is 0 Å². The molecule has 1 aliphatic rings. The standard InChI is InChI=1S/C21H19Br2N3/c1-21(14-7-5-4-6-8-14)15(16-9-11-18(22)25(16)2)13-24-20(21)17-10-12-19(23)26(17)3/h4-13H,1-3H3. The Hall–Kier alpha value is -1.85. The first-order valence-electron chi connectivity index (χ1n) is 8.42. The molecular weight excluding hydrogens is 454 g/mol. The highest BCUT2D eigenvalue weighted by Crippen LogP contribution is 2.45. The highest BCUT2D eigenvalue weighted by Gasteiger charge is 2.43. The van der Waals surface area contributed by atoms with Gasteiger partial charge in [0, 0.05) is 31.6 Å². The molecule has 1 atom stereocenters. The zero-order valence-corrected chi connectivity index (χ0v) is 18.0. The summed E-state index contributed by atoms with van der Waals surface area (Å²) in [7, 11) is 4.13. The number of rotatable bonds is 3. The van der Waals surface area contributed by atoms with Crippen LogP contribution in [0.25, 0.3) is 5.57 Å². The molecule has 0 saturated carbocycles. The minimum absolute atomic E-state index is 0.335. The lowest BCUT2D eigenvalue weighted by Crippen LogP contribution is -2.34. The quantitative estimate of drug-likeness (QED) is 0.467. The molecule has 4 rings (SSSR count). The van der Waals surface area contributed by atoms with Crippen LogP contribution < -0.4 is 0 Å². The summed E-state index contributed by atoms with van der Waals surface area (Å²) in [5, 5.41) is 0. The molecule has 0 saturated heterocycles. The molecule has 1 unspecified atom stereocenters. The molecule has 0 spiro atoms. The Labute approximate surface area is 170 Å². The molecule has 1 aromatic carbocycles. The minimum Gasteiger partial charge on any atom is -0.339 e. The molecule has 0 N–H and O–H groups in total. The normalized spacial score (nSPS) is 19.6. The Balaban J connectivity index is 1.93. The second-order valence-corrected chi connectivity index (χ2v) is 8.34. The Morgan fingerprint density at radius 1 is 0.808 bits per heavy atom. The highest BCUT2D eigenvalue weighted by molar-refractivity contribution is 9.10. The largest absolute Gasteiger partial charge is 0.339 e. The van der Waals surface area contributed by atoms with E-state index in [2.05, 4.69) is 117 Å². The summed E-state index contributed by atoms with van der Waals surface area (Å²) in [5.41, 5.74) is 5.43. The lowest BCUT2D eigenvalue weighted by molar-refractivity contribution is 0.793. The van der Waals surface area contributed by atoms with E-state index in [1.165, 1.54) is 11.1 Å². The Morgan fingerprint density at radius 2 is 1.38 bits per heavy atom. The molecule has 0 aliphatic carbocycles. The van der Waals surface area contributed by atoms with Crippen molar-refractivity contribution in [3.05, 3.63) is 87.0 Å². The summed E-state index contributed by atoms with van der Waals surface area (Å²) in [6.45, 7) is 2.27. The van der Waals surface area contributed by atoms with E-state index in [1.807, 2.05) is 6.20 Å². The predicted molar refractivity (Wildman–Crippen MR) is 115 cm³/mol. The second-order valence-electron chi connectivity index (χ2n) is 6.71. The van der Waals surface area contributed by atoms with Crippen LogP contribution in [0, 0.1) is 0 Å². The summed E-state index contributed by atoms with van der Waals surface area (Å²) in [6, 6.07) is 19.0. The third kappa shape index (κ3) is 2.48. The van der Waals surface area contributed by atoms with Gasteiger partial charge in [-0.25, -0.2) is 0 Å². The zero-order chi connectivity index (χ0) is 18.5. The number of hydrogen-bond donors (Lipinski definition) is 0. The number of nitrogens with zero attached hydrogens (tertiary/aromatic N) is 3. The lowest BCUT2D eigenvalue weighted by Gasteiger charge is -2.31. The Kier molecular flexibility index (Phi) is 4.32. The van der Waals surface area contributed by atoms with Crippen LogP contribution in [0.2, 0.25) is 0 Å². The van der Waals surface area contributed by atoms with Crippen molar-refractivity contribution in [3.63, 3.8) is 0 Å². The fraction of sp³-hybridized carbons (Fsp3) is 0.190. The van der Waals surface area contributed by atoms with Crippen LogP contribution in [0.1, 0.15) is 23.9 Å². The van der Waals surface area contributed by atoms with Gasteiger partial charge in [0.25, 0.3) is 0 Å². The van der Waals surface area contributed by atoms with E-state index in [0.29, 0.717) is 0 Å². The van der Waals surface area contributed by atoms with Crippen molar-refractivity contribution in [1.82, 2.24) is 9.13 Å². The summed E-state index contributed by atoms with van der Waals surface area (Å²) in [4.78, 5) is 4.90. The SMILES string of the molecule is Cn1c(Br)ccc1C1=CN=C(c2ccc(Br)n2C)C1(C)c1ccccc1. The molecule has 2 aromatic heterocycles. The number of allylic oxidation sites excluding steroid dienone is 1. The molecule has 26 heavy (non-hydrogen) atoms. The van der Waals surface area contributed by atoms with E-state index in [-0.39, 0.29) is 5.41 Å². The minimum atomic E-state index is -0.335. The van der Waals surface area contributed by atoms with E-state index in [1.54, 1.807) is 0 Å². The van der Waals surface area contributed by atoms with Crippen molar-refractivity contribution < 1.29 is 0 Å². The van der Waals surface area contributed by atoms with Crippen molar-refractivity contribution in [2.45, 2.75) is 12.3 Å². The van der Waals surface area contributed by atoms with E-state index in [9.17, 15) is 0 Å². The molecule has 1 aliphatic heterocycles. The van der Waals surface area contributed by atoms with E-state index >= 15 is 0 Å². The van der Waals surface area contributed by atoms with Gasteiger partial charge in [0.2, 0.25) is 0 Å². The van der Waals surface area contributed by atoms with Crippen LogP contribution in [0.5, 0.6) is 0 Å². The topological polar surface area (TPSA) is 22.2 Å². The number of halogens is 2. The van der Waals surface area contributed by atoms with Gasteiger partial charge in [0.15, 0.2) is 0 Å². The molecule has 3 aromatic rings. The second kappa shape index (κ2) is 6.39. The number of aliphatic imine (C=N–C) groups is 1. The number of benzene rings is 1. The van der Waals surface area contributed by atoms with Crippen LogP contribution in [0.15, 0.2) is 75.0 Å². The molecule has 3 heterocycles. The van der Waals surface area contributed by atoms with Gasteiger partial charge in [-0.15, -0.1) is 0 Å². The summed E-state index contributed by atoms with van der Waals surface area (Å²) < 4.78 is 6.39. The van der Waals surface area contributed by atoms with Crippen LogP contribution in [-0.2, 0) is 19.5 Å². The third-order valence-electron chi connectivity index (χ3n) is 5.33. The van der Waals surface area contributed by atoms with E-state index < -0.39 is 0 Å². The van der Waals surface area contributed by atoms with Gasteiger partial charge < -0.3 is 9.13 Å². The maximum atomic E-state index is 4.90. The maximum Gasteiger partial charge on any atom is 0.0849 e. The fourth-order valence-electron chi connectivity index (χ4n) is 3.70. The summed E-state index contributed by atoms with van der Waals surface area (Å²) >= 11 is 7.23. The molecule has 132 valence electrons. The lowest BCUT2D eigenvalue weighted by atomic mass is 9.71. The molecule has 5 heteroatoms. The van der Waals surface area contributed by atoms with Crippen molar-refractivity contribution in [1.29, 1.82) is 0 Å². The van der Waals surface area contributed by atoms with E-state index in [0.717, 1.165) is 26.3 Å². The van der Waals surface area contributed by atoms with Crippen molar-refractivity contribution >= 4 is 43.1 Å². The zero-order valence-electron chi connectivity index (χ0n) is 14.9. The summed E-state index contributed by atoms with van der Waals surface area (Å²) in [5.74, 6) is 0. The van der Waals surface area contributed by atoms with Crippen LogP contribution in [-0.4, -0.2) is 14.8 Å². The van der Waals surface area contributed by atoms with Crippen molar-refractivity contribution in [2.24, 2.45) is 19.1 Å². The van der Waals surface area contributed by atoms with Crippen molar-refractivity contribution in [2.75, 3.05) is 0 Å². The summed E-state index contributed by atoms with van der Waals surface area (Å²) in [6.07, 6.45) is 2.02. The maximum absolute atomic E-state index is 4.90. The van der Waals surface area contributed by atoms with Crippen LogP contribution in [0.3, 0.4) is 0 Å². The average Bonchev–Trinajstić information content (AvgIpc) is 3.27. The first-order valence-corrected chi connectivity index (χ1v) is 10.0. The first-order chi connectivity index (χ1) is 12.4. The van der Waals surface area contributed by atoms with Gasteiger partial charge in [-0.1, -0.05) is 30.3 Å². The predicted octanol–water partition coefficient (Wildman–Crippen LogP) is 5.69. The highest BCUT2D eigenvalue weighted by atomic mass is 79.9. The monoisotopic (exact) mass is 471 g/mol. The van der Waals surface area contributed by atoms with Crippen LogP contribution in [0.4, 0.5) is 0 Å². The van der Waals surface area contributed by atoms with Gasteiger partial charge in [-0.3, -0.25) is 4.99 Å². The molecule has 3 nitrogen and oxygen atoms in total. The molecule has 0 fully saturated rings. The smallest absolute Gasteiger partial charge is 0.0849 e. The number of aromatic nitrogens is 2.